The van der Waals surface area contributed by atoms with Crippen molar-refractivity contribution in [3.8, 4) is 0 Å². The van der Waals surface area contributed by atoms with E-state index in [1.54, 1.807) is 12.1 Å². The number of fused-ring (bicyclic) bond motifs is 1. The number of halogens is 6. The van der Waals surface area contributed by atoms with E-state index in [-0.39, 0.29) is 68.0 Å². The molecule has 0 atom stereocenters. The van der Waals surface area contributed by atoms with Gasteiger partial charge < -0.3 is 19.9 Å². The van der Waals surface area contributed by atoms with Crippen LogP contribution in [0.1, 0.15) is 45.8 Å². The van der Waals surface area contributed by atoms with Crippen molar-refractivity contribution in [1.82, 2.24) is 9.47 Å². The molecule has 2 N–H and O–H groups in total. The zero-order valence-corrected chi connectivity index (χ0v) is 20.4. The molecule has 0 spiro atoms. The Labute approximate surface area is 211 Å². The molecule has 4 rings (SSSR count). The number of carbonyl (C=O) groups excluding carboxylic acids is 1. The lowest BCUT2D eigenvalue weighted by atomic mass is 9.88. The van der Waals surface area contributed by atoms with E-state index in [2.05, 4.69) is 0 Å². The maximum absolute atomic E-state index is 14.7. The summed E-state index contributed by atoms with van der Waals surface area (Å²) in [6, 6.07) is 6.14. The second-order valence-corrected chi connectivity index (χ2v) is 8.67. The Hall–Kier alpha value is -2.69. The van der Waals surface area contributed by atoms with E-state index in [4.69, 9.17) is 10.5 Å². The van der Waals surface area contributed by atoms with E-state index in [1.165, 1.54) is 28.8 Å². The van der Waals surface area contributed by atoms with Crippen molar-refractivity contribution < 1.29 is 31.5 Å². The molecule has 36 heavy (non-hydrogen) atoms. The number of piperidine rings is 1. The van der Waals surface area contributed by atoms with Crippen LogP contribution in [0.4, 0.5) is 22.0 Å². The third-order valence-corrected chi connectivity index (χ3v) is 6.56. The fourth-order valence-electron chi connectivity index (χ4n) is 4.77. The number of amides is 1. The number of aromatic nitrogens is 1. The number of likely N-dealkylation sites (tertiary alicyclic amines) is 1. The highest BCUT2D eigenvalue weighted by Crippen LogP contribution is 2.39. The van der Waals surface area contributed by atoms with Crippen LogP contribution in [0.15, 0.2) is 36.5 Å². The van der Waals surface area contributed by atoms with Crippen LogP contribution in [-0.2, 0) is 24.0 Å². The Morgan fingerprint density at radius 2 is 1.78 bits per heavy atom. The van der Waals surface area contributed by atoms with Crippen molar-refractivity contribution in [3.63, 3.8) is 0 Å². The van der Waals surface area contributed by atoms with E-state index in [0.29, 0.717) is 24.5 Å². The SMILES string of the molecule is COCCn1cc(C(=O)N2CCC(c3cc(CN)ccc3F)CC2)c2c(C(F)(F)F)ccc(F)c21.Cl. The molecular formula is C25H27ClF5N3O2. The van der Waals surface area contributed by atoms with Gasteiger partial charge >= 0.3 is 6.18 Å². The van der Waals surface area contributed by atoms with Gasteiger partial charge in [-0.05, 0) is 48.1 Å². The Balaban J connectivity index is 0.00000361. The number of carbonyl (C=O) groups is 1. The van der Waals surface area contributed by atoms with Gasteiger partial charge in [0, 0.05) is 44.9 Å². The van der Waals surface area contributed by atoms with Crippen LogP contribution in [0, 0.1) is 11.6 Å². The van der Waals surface area contributed by atoms with Crippen molar-refractivity contribution in [3.05, 3.63) is 70.4 Å². The van der Waals surface area contributed by atoms with E-state index >= 15 is 0 Å². The van der Waals surface area contributed by atoms with Crippen LogP contribution in [0.5, 0.6) is 0 Å². The number of alkyl halides is 3. The Morgan fingerprint density at radius 1 is 1.11 bits per heavy atom. The molecule has 1 aromatic heterocycles. The topological polar surface area (TPSA) is 60.5 Å². The number of methoxy groups -OCH3 is 1. The Kier molecular flexibility index (Phi) is 8.63. The first-order chi connectivity index (χ1) is 16.7. The third kappa shape index (κ3) is 5.35. The summed E-state index contributed by atoms with van der Waals surface area (Å²) >= 11 is 0. The van der Waals surface area contributed by atoms with Crippen LogP contribution in [0.2, 0.25) is 0 Å². The Bertz CT molecular complexity index is 1240. The summed E-state index contributed by atoms with van der Waals surface area (Å²) in [4.78, 5) is 14.8. The standard InChI is InChI=1S/C25H26F5N3O2.ClH/c1-35-11-10-33-14-18(22-19(25(28,29)30)3-5-21(27)23(22)33)24(34)32-8-6-16(7-9-32)17-12-15(13-31)2-4-20(17)26;/h2-5,12,14,16H,6-11,13,31H2,1H3;1H. The number of hydrogen-bond donors (Lipinski definition) is 1. The molecule has 11 heteroatoms. The van der Waals surface area contributed by atoms with Gasteiger partial charge in [0.25, 0.3) is 5.91 Å². The summed E-state index contributed by atoms with van der Waals surface area (Å²) in [6.45, 7) is 0.952. The number of benzene rings is 2. The quantitative estimate of drug-likeness (QED) is 0.428. The molecule has 0 radical (unpaired) electrons. The maximum atomic E-state index is 14.7. The van der Waals surface area contributed by atoms with Gasteiger partial charge in [-0.25, -0.2) is 8.78 Å². The lowest BCUT2D eigenvalue weighted by molar-refractivity contribution is -0.136. The summed E-state index contributed by atoms with van der Waals surface area (Å²) in [5, 5.41) is -0.456. The summed E-state index contributed by atoms with van der Waals surface area (Å²) in [5.41, 5.74) is 5.43. The molecule has 196 valence electrons. The fraction of sp³-hybridized carbons (Fsp3) is 0.400. The Morgan fingerprint density at radius 3 is 2.39 bits per heavy atom. The molecular weight excluding hydrogens is 505 g/mol. The van der Waals surface area contributed by atoms with Crippen LogP contribution in [0.3, 0.4) is 0 Å². The molecule has 1 fully saturated rings. The number of nitrogens with two attached hydrogens (primary N) is 1. The van der Waals surface area contributed by atoms with E-state index in [9.17, 15) is 26.7 Å². The van der Waals surface area contributed by atoms with E-state index in [1.807, 2.05) is 0 Å². The summed E-state index contributed by atoms with van der Waals surface area (Å²) in [7, 11) is 1.42. The van der Waals surface area contributed by atoms with Gasteiger partial charge in [0.1, 0.15) is 11.6 Å². The van der Waals surface area contributed by atoms with Gasteiger partial charge in [-0.2, -0.15) is 13.2 Å². The minimum atomic E-state index is -4.77. The van der Waals surface area contributed by atoms with Crippen molar-refractivity contribution in [1.29, 1.82) is 0 Å². The first-order valence-corrected chi connectivity index (χ1v) is 11.3. The highest BCUT2D eigenvalue weighted by atomic mass is 35.5. The molecule has 0 aliphatic carbocycles. The lowest BCUT2D eigenvalue weighted by Crippen LogP contribution is -2.38. The van der Waals surface area contributed by atoms with Crippen LogP contribution in [0.25, 0.3) is 10.9 Å². The number of rotatable bonds is 6. The van der Waals surface area contributed by atoms with E-state index in [0.717, 1.165) is 11.6 Å². The van der Waals surface area contributed by atoms with Gasteiger partial charge in [-0.1, -0.05) is 12.1 Å². The normalized spacial score (nSPS) is 14.8. The average Bonchev–Trinajstić information content (AvgIpc) is 3.22. The molecule has 1 aliphatic heterocycles. The van der Waals surface area contributed by atoms with Gasteiger partial charge in [0.2, 0.25) is 0 Å². The second kappa shape index (κ2) is 11.1. The van der Waals surface area contributed by atoms with Crippen molar-refractivity contribution in [2.75, 3.05) is 26.8 Å². The number of nitrogens with zero attached hydrogens (tertiary/aromatic N) is 2. The predicted octanol–water partition coefficient (Wildman–Crippen LogP) is 5.49. The highest BCUT2D eigenvalue weighted by molar-refractivity contribution is 6.08. The number of hydrogen-bond acceptors (Lipinski definition) is 3. The van der Waals surface area contributed by atoms with Crippen molar-refractivity contribution in [2.45, 2.75) is 38.0 Å². The van der Waals surface area contributed by atoms with Crippen molar-refractivity contribution in [2.24, 2.45) is 5.73 Å². The van der Waals surface area contributed by atoms with E-state index < -0.39 is 28.9 Å². The maximum Gasteiger partial charge on any atom is 0.417 e. The smallest absolute Gasteiger partial charge is 0.383 e. The van der Waals surface area contributed by atoms with Crippen LogP contribution >= 0.6 is 12.4 Å². The molecule has 1 aliphatic rings. The average molecular weight is 532 g/mol. The van der Waals surface area contributed by atoms with Gasteiger partial charge in [-0.15, -0.1) is 12.4 Å². The largest absolute Gasteiger partial charge is 0.417 e. The number of ether oxygens (including phenoxy) is 1. The van der Waals surface area contributed by atoms with Crippen molar-refractivity contribution >= 4 is 29.2 Å². The minimum Gasteiger partial charge on any atom is -0.383 e. The highest BCUT2D eigenvalue weighted by Gasteiger charge is 2.37. The molecule has 1 saturated heterocycles. The zero-order valence-electron chi connectivity index (χ0n) is 19.6. The van der Waals surface area contributed by atoms with Gasteiger partial charge in [-0.3, -0.25) is 4.79 Å². The predicted molar refractivity (Wildman–Crippen MR) is 128 cm³/mol. The molecule has 3 aromatic rings. The molecule has 0 bridgehead atoms. The minimum absolute atomic E-state index is 0. The van der Waals surface area contributed by atoms with Gasteiger partial charge in [0.05, 0.1) is 23.3 Å². The first-order valence-electron chi connectivity index (χ1n) is 11.3. The summed E-state index contributed by atoms with van der Waals surface area (Å²) in [6.07, 6.45) is -2.62. The van der Waals surface area contributed by atoms with Crippen LogP contribution < -0.4 is 5.73 Å². The summed E-state index contributed by atoms with van der Waals surface area (Å²) in [5.74, 6) is -1.95. The molecule has 2 heterocycles. The monoisotopic (exact) mass is 531 g/mol. The molecule has 2 aromatic carbocycles. The molecule has 0 saturated carbocycles. The first kappa shape index (κ1) is 27.9. The molecule has 0 unspecified atom stereocenters. The lowest BCUT2D eigenvalue weighted by Gasteiger charge is -2.32. The summed E-state index contributed by atoms with van der Waals surface area (Å²) < 4.78 is 76.8. The zero-order chi connectivity index (χ0) is 25.3. The van der Waals surface area contributed by atoms with Gasteiger partial charge in [0.15, 0.2) is 0 Å². The fourth-order valence-corrected chi connectivity index (χ4v) is 4.77. The third-order valence-electron chi connectivity index (χ3n) is 6.56. The van der Waals surface area contributed by atoms with Crippen LogP contribution in [-0.4, -0.2) is 42.2 Å². The second-order valence-electron chi connectivity index (χ2n) is 8.67. The molecule has 1 amide bonds. The molecule has 5 nitrogen and oxygen atoms in total.